The van der Waals surface area contributed by atoms with Gasteiger partial charge in [-0.05, 0) is 33.3 Å². The zero-order valence-corrected chi connectivity index (χ0v) is 13.4. The quantitative estimate of drug-likeness (QED) is 0.681. The number of hydrogen-bond acceptors (Lipinski definition) is 5. The summed E-state index contributed by atoms with van der Waals surface area (Å²) in [7, 11) is -3.04. The first-order chi connectivity index (χ1) is 9.28. The lowest BCUT2D eigenvalue weighted by atomic mass is 10.1. The molecule has 1 fully saturated rings. The van der Waals surface area contributed by atoms with Gasteiger partial charge in [0.05, 0.1) is 23.1 Å². The smallest absolute Gasteiger partial charge is 0.244 e. The fourth-order valence-electron chi connectivity index (χ4n) is 2.28. The summed E-state index contributed by atoms with van der Waals surface area (Å²) in [4.78, 5) is 14.2. The van der Waals surface area contributed by atoms with Gasteiger partial charge in [0.2, 0.25) is 5.91 Å². The molecule has 0 saturated carbocycles. The normalized spacial score (nSPS) is 21.9. The standard InChI is InChI=1S/C13H18N2O3S2/c1-8-6-12(10(3)19-8)9(2)14-15-13(16)11-4-5-20(17,18)7-11/h6,11H,4-5,7H2,1-3H3,(H,15,16)/b14-9-/t11-/m0/s1. The third-order valence-electron chi connectivity index (χ3n) is 3.37. The average molecular weight is 314 g/mol. The van der Waals surface area contributed by atoms with Gasteiger partial charge in [0.25, 0.3) is 0 Å². The Morgan fingerprint density at radius 2 is 2.15 bits per heavy atom. The third-order valence-corrected chi connectivity index (χ3v) is 6.10. The van der Waals surface area contributed by atoms with E-state index >= 15 is 0 Å². The van der Waals surface area contributed by atoms with Gasteiger partial charge >= 0.3 is 0 Å². The minimum atomic E-state index is -3.04. The van der Waals surface area contributed by atoms with Gasteiger partial charge in [-0.25, -0.2) is 13.8 Å². The summed E-state index contributed by atoms with van der Waals surface area (Å²) in [5.41, 5.74) is 4.24. The summed E-state index contributed by atoms with van der Waals surface area (Å²) in [5, 5.41) is 4.09. The molecule has 0 radical (unpaired) electrons. The maximum absolute atomic E-state index is 11.9. The lowest BCUT2D eigenvalue weighted by Crippen LogP contribution is -2.28. The van der Waals surface area contributed by atoms with Crippen molar-refractivity contribution >= 4 is 32.8 Å². The highest BCUT2D eigenvalue weighted by atomic mass is 32.2. The molecule has 2 rings (SSSR count). The molecular weight excluding hydrogens is 296 g/mol. The zero-order valence-electron chi connectivity index (χ0n) is 11.8. The Kier molecular flexibility index (Phi) is 4.29. The van der Waals surface area contributed by atoms with Gasteiger partial charge < -0.3 is 0 Å². The Hall–Kier alpha value is -1.21. The van der Waals surface area contributed by atoms with Crippen molar-refractivity contribution in [3.63, 3.8) is 0 Å². The van der Waals surface area contributed by atoms with E-state index in [1.165, 1.54) is 4.88 Å². The molecule has 2 heterocycles. The van der Waals surface area contributed by atoms with Crippen LogP contribution in [0.15, 0.2) is 11.2 Å². The summed E-state index contributed by atoms with van der Waals surface area (Å²) in [6, 6.07) is 2.03. The van der Waals surface area contributed by atoms with Gasteiger partial charge in [0.15, 0.2) is 9.84 Å². The molecular formula is C13H18N2O3S2. The van der Waals surface area contributed by atoms with Crippen LogP contribution in [0.25, 0.3) is 0 Å². The highest BCUT2D eigenvalue weighted by Crippen LogP contribution is 2.21. The topological polar surface area (TPSA) is 75.6 Å². The number of aryl methyl sites for hydroxylation is 2. The number of nitrogens with one attached hydrogen (secondary N) is 1. The van der Waals surface area contributed by atoms with E-state index in [1.807, 2.05) is 26.8 Å². The van der Waals surface area contributed by atoms with Crippen LogP contribution in [-0.4, -0.2) is 31.5 Å². The van der Waals surface area contributed by atoms with Crippen molar-refractivity contribution in [2.75, 3.05) is 11.5 Å². The first-order valence-electron chi connectivity index (χ1n) is 6.40. The van der Waals surface area contributed by atoms with Crippen LogP contribution in [0, 0.1) is 19.8 Å². The summed E-state index contributed by atoms with van der Waals surface area (Å²) < 4.78 is 22.7. The van der Waals surface area contributed by atoms with Crippen molar-refractivity contribution in [1.82, 2.24) is 5.43 Å². The summed E-state index contributed by atoms with van der Waals surface area (Å²) in [6.07, 6.45) is 0.388. The third kappa shape index (κ3) is 3.46. The molecule has 1 saturated heterocycles. The molecule has 20 heavy (non-hydrogen) atoms. The molecule has 0 spiro atoms. The summed E-state index contributed by atoms with van der Waals surface area (Å²) in [6.45, 7) is 5.87. The SMILES string of the molecule is C/C(=N/NC(=O)[C@H]1CCS(=O)(=O)C1)c1cc(C)sc1C. The molecule has 0 unspecified atom stereocenters. The van der Waals surface area contributed by atoms with Crippen molar-refractivity contribution in [2.24, 2.45) is 11.0 Å². The molecule has 110 valence electrons. The van der Waals surface area contributed by atoms with Gasteiger partial charge in [-0.2, -0.15) is 5.10 Å². The molecule has 1 aliphatic heterocycles. The Labute approximate surface area is 123 Å². The summed E-state index contributed by atoms with van der Waals surface area (Å²) in [5.74, 6) is -0.752. The number of carbonyl (C=O) groups is 1. The van der Waals surface area contributed by atoms with E-state index in [4.69, 9.17) is 0 Å². The number of sulfone groups is 1. The minimum absolute atomic E-state index is 0.0655. The Morgan fingerprint density at radius 1 is 1.45 bits per heavy atom. The van der Waals surface area contributed by atoms with Crippen LogP contribution in [0.1, 0.15) is 28.7 Å². The predicted octanol–water partition coefficient (Wildman–Crippen LogP) is 1.64. The number of thiophene rings is 1. The highest BCUT2D eigenvalue weighted by Gasteiger charge is 2.32. The van der Waals surface area contributed by atoms with Gasteiger partial charge in [-0.3, -0.25) is 4.79 Å². The van der Waals surface area contributed by atoms with E-state index in [9.17, 15) is 13.2 Å². The van der Waals surface area contributed by atoms with Crippen LogP contribution in [0.5, 0.6) is 0 Å². The average Bonchev–Trinajstić information content (AvgIpc) is 2.88. The van der Waals surface area contributed by atoms with Crippen LogP contribution in [0.3, 0.4) is 0 Å². The van der Waals surface area contributed by atoms with Crippen molar-refractivity contribution in [2.45, 2.75) is 27.2 Å². The molecule has 0 aromatic carbocycles. The van der Waals surface area contributed by atoms with Crippen LogP contribution in [-0.2, 0) is 14.6 Å². The predicted molar refractivity (Wildman–Crippen MR) is 80.9 cm³/mol. The van der Waals surface area contributed by atoms with E-state index in [0.29, 0.717) is 6.42 Å². The Bertz CT molecular complexity index is 659. The number of nitrogens with zero attached hydrogens (tertiary/aromatic N) is 1. The van der Waals surface area contributed by atoms with Crippen LogP contribution >= 0.6 is 11.3 Å². The lowest BCUT2D eigenvalue weighted by Gasteiger charge is -2.06. The molecule has 1 N–H and O–H groups in total. The van der Waals surface area contributed by atoms with E-state index in [2.05, 4.69) is 10.5 Å². The van der Waals surface area contributed by atoms with Crippen molar-refractivity contribution in [3.05, 3.63) is 21.4 Å². The summed E-state index contributed by atoms with van der Waals surface area (Å²) >= 11 is 1.68. The van der Waals surface area contributed by atoms with E-state index in [-0.39, 0.29) is 17.4 Å². The molecule has 0 bridgehead atoms. The Balaban J connectivity index is 2.02. The molecule has 1 aliphatic rings. The van der Waals surface area contributed by atoms with Crippen LogP contribution in [0.4, 0.5) is 0 Å². The first-order valence-corrected chi connectivity index (χ1v) is 9.04. The number of rotatable bonds is 3. The Morgan fingerprint density at radius 3 is 2.65 bits per heavy atom. The largest absolute Gasteiger partial charge is 0.273 e. The number of hydrazone groups is 1. The second-order valence-electron chi connectivity index (χ2n) is 5.10. The minimum Gasteiger partial charge on any atom is -0.273 e. The number of carbonyl (C=O) groups excluding carboxylic acids is 1. The zero-order chi connectivity index (χ0) is 14.9. The van der Waals surface area contributed by atoms with Gasteiger partial charge in [0, 0.05) is 15.3 Å². The molecule has 7 heteroatoms. The molecule has 0 aliphatic carbocycles. The van der Waals surface area contributed by atoms with Crippen molar-refractivity contribution in [1.29, 1.82) is 0 Å². The fraction of sp³-hybridized carbons (Fsp3) is 0.538. The van der Waals surface area contributed by atoms with Crippen LogP contribution in [0.2, 0.25) is 0 Å². The van der Waals surface area contributed by atoms with Crippen LogP contribution < -0.4 is 5.43 Å². The van der Waals surface area contributed by atoms with Gasteiger partial charge in [0.1, 0.15) is 0 Å². The van der Waals surface area contributed by atoms with Gasteiger partial charge in [-0.1, -0.05) is 0 Å². The number of amides is 1. The maximum Gasteiger partial charge on any atom is 0.244 e. The molecule has 1 aromatic heterocycles. The fourth-order valence-corrected chi connectivity index (χ4v) is 5.00. The van der Waals surface area contributed by atoms with Crippen molar-refractivity contribution in [3.8, 4) is 0 Å². The molecule has 1 aromatic rings. The van der Waals surface area contributed by atoms with Gasteiger partial charge in [-0.15, -0.1) is 11.3 Å². The second-order valence-corrected chi connectivity index (χ2v) is 8.79. The van der Waals surface area contributed by atoms with E-state index < -0.39 is 15.8 Å². The maximum atomic E-state index is 11.9. The molecule has 5 nitrogen and oxygen atoms in total. The highest BCUT2D eigenvalue weighted by molar-refractivity contribution is 7.91. The molecule has 1 atom stereocenters. The monoisotopic (exact) mass is 314 g/mol. The lowest BCUT2D eigenvalue weighted by molar-refractivity contribution is -0.124. The second kappa shape index (κ2) is 5.65. The van der Waals surface area contributed by atoms with E-state index in [1.54, 1.807) is 11.3 Å². The van der Waals surface area contributed by atoms with Crippen molar-refractivity contribution < 1.29 is 13.2 Å². The number of hydrogen-bond donors (Lipinski definition) is 1. The molecule has 1 amide bonds. The first kappa shape index (κ1) is 15.2. The van der Waals surface area contributed by atoms with E-state index in [0.717, 1.165) is 16.2 Å².